The minimum atomic E-state index is 0.0470. The maximum Gasteiger partial charge on any atom is 0.222 e. The Bertz CT molecular complexity index is 1090. The topological polar surface area (TPSA) is 63.5 Å². The Morgan fingerprint density at radius 3 is 2.48 bits per heavy atom. The summed E-state index contributed by atoms with van der Waals surface area (Å²) in [5.41, 5.74) is 2.52. The Kier molecular flexibility index (Phi) is 5.89. The third-order valence-corrected chi connectivity index (χ3v) is 7.18. The fourth-order valence-corrected chi connectivity index (χ4v) is 5.41. The van der Waals surface area contributed by atoms with Crippen LogP contribution in [0.1, 0.15) is 29.3 Å². The van der Waals surface area contributed by atoms with Gasteiger partial charge in [0.1, 0.15) is 17.9 Å². The van der Waals surface area contributed by atoms with E-state index in [4.69, 9.17) is 4.74 Å². The first-order valence-corrected chi connectivity index (χ1v) is 11.6. The van der Waals surface area contributed by atoms with Gasteiger partial charge in [-0.1, -0.05) is 42.5 Å². The van der Waals surface area contributed by atoms with Crippen molar-refractivity contribution in [3.05, 3.63) is 77.9 Å². The van der Waals surface area contributed by atoms with Crippen molar-refractivity contribution >= 4 is 5.91 Å². The normalized spacial score (nSPS) is 19.6. The van der Waals surface area contributed by atoms with E-state index in [1.54, 1.807) is 13.4 Å². The molecule has 0 N–H and O–H groups in total. The highest BCUT2D eigenvalue weighted by molar-refractivity contribution is 5.77. The van der Waals surface area contributed by atoms with Gasteiger partial charge < -0.3 is 14.2 Å². The van der Waals surface area contributed by atoms with Crippen molar-refractivity contribution < 1.29 is 9.53 Å². The summed E-state index contributed by atoms with van der Waals surface area (Å²) >= 11 is 0. The number of ether oxygens (including phenoxy) is 1. The van der Waals surface area contributed by atoms with Crippen LogP contribution in [0.25, 0.3) is 0 Å². The summed E-state index contributed by atoms with van der Waals surface area (Å²) in [6, 6.07) is 18.6. The molecule has 0 bridgehead atoms. The largest absolute Gasteiger partial charge is 0.497 e. The van der Waals surface area contributed by atoms with Gasteiger partial charge in [0.25, 0.3) is 0 Å². The molecular weight excluding hydrogens is 414 g/mol. The van der Waals surface area contributed by atoms with Gasteiger partial charge in [-0.25, -0.2) is 0 Å². The molecule has 1 unspecified atom stereocenters. The molecule has 2 aliphatic heterocycles. The molecule has 7 heteroatoms. The van der Waals surface area contributed by atoms with Crippen LogP contribution >= 0.6 is 0 Å². The van der Waals surface area contributed by atoms with Gasteiger partial charge in [0.05, 0.1) is 7.11 Å². The fraction of sp³-hybridized carbons (Fsp3) is 0.423. The summed E-state index contributed by atoms with van der Waals surface area (Å²) in [4.78, 5) is 17.5. The second-order valence-corrected chi connectivity index (χ2v) is 9.47. The van der Waals surface area contributed by atoms with E-state index in [1.807, 2.05) is 40.8 Å². The van der Waals surface area contributed by atoms with E-state index in [0.717, 1.165) is 56.3 Å². The maximum absolute atomic E-state index is 12.9. The first-order chi connectivity index (χ1) is 16.1. The van der Waals surface area contributed by atoms with Crippen molar-refractivity contribution in [3.8, 4) is 5.75 Å². The third kappa shape index (κ3) is 4.37. The molecular formula is C26H31N5O2. The molecule has 3 heterocycles. The van der Waals surface area contributed by atoms with Crippen LogP contribution in [0.5, 0.6) is 5.75 Å². The standard InChI is InChI=1S/C26H31N5O2/c1-29-19-27-28-25(29)23-15-30(14-21-6-4-3-5-7-21)16-26(23)17-31(18-26)24(32)13-10-20-8-11-22(33-2)12-9-20/h3-9,11-12,19,23H,10,13-18H2,1-2H3. The van der Waals surface area contributed by atoms with E-state index < -0.39 is 0 Å². The number of carbonyl (C=O) groups is 1. The summed E-state index contributed by atoms with van der Waals surface area (Å²) in [5, 5.41) is 8.58. The van der Waals surface area contributed by atoms with Crippen LogP contribution in [0, 0.1) is 5.41 Å². The molecule has 1 atom stereocenters. The molecule has 0 radical (unpaired) electrons. The van der Waals surface area contributed by atoms with Gasteiger partial charge >= 0.3 is 0 Å². The minimum absolute atomic E-state index is 0.0470. The Morgan fingerprint density at radius 1 is 1.06 bits per heavy atom. The van der Waals surface area contributed by atoms with Crippen LogP contribution in [0.2, 0.25) is 0 Å². The Morgan fingerprint density at radius 2 is 1.82 bits per heavy atom. The van der Waals surface area contributed by atoms with Crippen molar-refractivity contribution in [2.75, 3.05) is 33.3 Å². The lowest BCUT2D eigenvalue weighted by molar-refractivity contribution is -0.143. The highest BCUT2D eigenvalue weighted by atomic mass is 16.5. The summed E-state index contributed by atoms with van der Waals surface area (Å²) in [5.74, 6) is 2.37. The third-order valence-electron chi connectivity index (χ3n) is 7.18. The number of amides is 1. The number of rotatable bonds is 7. The molecule has 172 valence electrons. The van der Waals surface area contributed by atoms with Crippen LogP contribution in [0.4, 0.5) is 0 Å². The average molecular weight is 446 g/mol. The van der Waals surface area contributed by atoms with E-state index in [-0.39, 0.29) is 17.2 Å². The Balaban J connectivity index is 1.24. The molecule has 5 rings (SSSR count). The van der Waals surface area contributed by atoms with Crippen molar-refractivity contribution in [1.29, 1.82) is 0 Å². The number of nitrogens with zero attached hydrogens (tertiary/aromatic N) is 5. The number of likely N-dealkylation sites (tertiary alicyclic amines) is 2. The zero-order valence-corrected chi connectivity index (χ0v) is 19.4. The summed E-state index contributed by atoms with van der Waals surface area (Å²) in [7, 11) is 3.68. The summed E-state index contributed by atoms with van der Waals surface area (Å²) < 4.78 is 7.25. The van der Waals surface area contributed by atoms with Gasteiger partial charge in [-0.15, -0.1) is 10.2 Å². The molecule has 2 saturated heterocycles. The molecule has 0 aliphatic carbocycles. The molecule has 2 aromatic carbocycles. The maximum atomic E-state index is 12.9. The van der Waals surface area contributed by atoms with Crippen LogP contribution < -0.4 is 4.74 Å². The van der Waals surface area contributed by atoms with Crippen LogP contribution in [0.3, 0.4) is 0 Å². The van der Waals surface area contributed by atoms with Crippen LogP contribution in [0.15, 0.2) is 60.9 Å². The second-order valence-electron chi connectivity index (χ2n) is 9.47. The number of hydrogen-bond donors (Lipinski definition) is 0. The number of aromatic nitrogens is 3. The predicted octanol–water partition coefficient (Wildman–Crippen LogP) is 2.88. The van der Waals surface area contributed by atoms with Gasteiger partial charge in [-0.05, 0) is 29.7 Å². The van der Waals surface area contributed by atoms with E-state index in [0.29, 0.717) is 6.42 Å². The van der Waals surface area contributed by atoms with Crippen LogP contribution in [-0.2, 0) is 24.8 Å². The highest BCUT2D eigenvalue weighted by Crippen LogP contribution is 2.49. The first-order valence-electron chi connectivity index (χ1n) is 11.6. The van der Waals surface area contributed by atoms with Gasteiger partial charge in [-0.3, -0.25) is 9.69 Å². The lowest BCUT2D eigenvalue weighted by atomic mass is 9.71. The zero-order valence-electron chi connectivity index (χ0n) is 19.4. The first kappa shape index (κ1) is 21.6. The minimum Gasteiger partial charge on any atom is -0.497 e. The van der Waals surface area contributed by atoms with Crippen molar-refractivity contribution in [2.24, 2.45) is 12.5 Å². The number of hydrogen-bond acceptors (Lipinski definition) is 5. The molecule has 1 aromatic heterocycles. The molecule has 3 aromatic rings. The lowest BCUT2D eigenvalue weighted by Crippen LogP contribution is -2.61. The second kappa shape index (κ2) is 8.98. The number of benzene rings is 2. The predicted molar refractivity (Wildman–Crippen MR) is 126 cm³/mol. The Hall–Kier alpha value is -3.19. The summed E-state index contributed by atoms with van der Waals surface area (Å²) in [6.45, 7) is 4.41. The molecule has 2 fully saturated rings. The smallest absolute Gasteiger partial charge is 0.222 e. The number of aryl methyl sites for hydroxylation is 2. The highest BCUT2D eigenvalue weighted by Gasteiger charge is 2.56. The van der Waals surface area contributed by atoms with Gasteiger partial charge in [-0.2, -0.15) is 0 Å². The van der Waals surface area contributed by atoms with E-state index in [1.165, 1.54) is 5.56 Å². The average Bonchev–Trinajstić information content (AvgIpc) is 3.40. The fourth-order valence-electron chi connectivity index (χ4n) is 5.41. The molecule has 2 aliphatic rings. The molecule has 1 amide bonds. The number of carbonyl (C=O) groups excluding carboxylic acids is 1. The van der Waals surface area contributed by atoms with E-state index in [2.05, 4.69) is 45.4 Å². The monoisotopic (exact) mass is 445 g/mol. The van der Waals surface area contributed by atoms with Crippen molar-refractivity contribution in [1.82, 2.24) is 24.6 Å². The van der Waals surface area contributed by atoms with Gasteiger partial charge in [0.15, 0.2) is 0 Å². The molecule has 0 saturated carbocycles. The van der Waals surface area contributed by atoms with E-state index in [9.17, 15) is 4.79 Å². The summed E-state index contributed by atoms with van der Waals surface area (Å²) in [6.07, 6.45) is 3.06. The zero-order chi connectivity index (χ0) is 22.8. The van der Waals surface area contributed by atoms with Crippen LogP contribution in [-0.4, -0.2) is 63.8 Å². The number of methoxy groups -OCH3 is 1. The Labute approximate surface area is 195 Å². The molecule has 33 heavy (non-hydrogen) atoms. The SMILES string of the molecule is COc1ccc(CCC(=O)N2CC3(CN(Cc4ccccc4)CC3c3nncn3C)C2)cc1. The van der Waals surface area contributed by atoms with Crippen molar-refractivity contribution in [3.63, 3.8) is 0 Å². The van der Waals surface area contributed by atoms with Gasteiger partial charge in [0, 0.05) is 57.5 Å². The molecule has 7 nitrogen and oxygen atoms in total. The van der Waals surface area contributed by atoms with Crippen molar-refractivity contribution in [2.45, 2.75) is 25.3 Å². The van der Waals surface area contributed by atoms with Gasteiger partial charge in [0.2, 0.25) is 5.91 Å². The lowest BCUT2D eigenvalue weighted by Gasteiger charge is -2.51. The molecule has 1 spiro atoms. The van der Waals surface area contributed by atoms with E-state index >= 15 is 0 Å². The quantitative estimate of drug-likeness (QED) is 0.560.